The summed E-state index contributed by atoms with van der Waals surface area (Å²) in [7, 11) is 0. The number of nitrogens with one attached hydrogen (secondary N) is 1. The molecule has 0 heterocycles. The summed E-state index contributed by atoms with van der Waals surface area (Å²) in [6, 6.07) is 10.7. The van der Waals surface area contributed by atoms with Crippen molar-refractivity contribution in [1.29, 1.82) is 5.41 Å². The van der Waals surface area contributed by atoms with E-state index in [4.69, 9.17) is 10.1 Å². The SMILES string of the molecule is CC.CCC(C)Cc1ccccc1.CCC/C=C(CC)/C(=N/S)C(=N)OCCCCCC.CCCCCCCCC(=O)CC. The molecule has 0 aliphatic rings. The lowest BCUT2D eigenvalue weighted by molar-refractivity contribution is -0.118. The van der Waals surface area contributed by atoms with Crippen molar-refractivity contribution in [2.45, 2.75) is 171 Å². The fourth-order valence-electron chi connectivity index (χ4n) is 4.19. The molecule has 0 spiro atoms. The maximum atomic E-state index is 10.9. The van der Waals surface area contributed by atoms with Crippen LogP contribution in [0, 0.1) is 11.3 Å². The van der Waals surface area contributed by atoms with Crippen LogP contribution in [0.25, 0.3) is 0 Å². The Morgan fingerprint density at radius 3 is 1.91 bits per heavy atom. The van der Waals surface area contributed by atoms with Crippen molar-refractivity contribution < 1.29 is 9.53 Å². The average molecular weight is 633 g/mol. The van der Waals surface area contributed by atoms with Gasteiger partial charge in [-0.1, -0.05) is 163 Å². The van der Waals surface area contributed by atoms with Gasteiger partial charge in [0.1, 0.15) is 11.5 Å². The molecule has 1 N–H and O–H groups in total. The van der Waals surface area contributed by atoms with Crippen molar-refractivity contribution in [2.24, 2.45) is 10.3 Å². The van der Waals surface area contributed by atoms with Crippen LogP contribution in [0.4, 0.5) is 0 Å². The van der Waals surface area contributed by atoms with E-state index < -0.39 is 0 Å². The van der Waals surface area contributed by atoms with Gasteiger partial charge in [0.05, 0.1) is 6.61 Å². The highest BCUT2D eigenvalue weighted by Gasteiger charge is 2.12. The molecule has 0 bridgehead atoms. The van der Waals surface area contributed by atoms with Gasteiger partial charge in [-0.25, -0.2) is 4.40 Å². The number of carbonyl (C=O) groups excluding carboxylic acids is 1. The van der Waals surface area contributed by atoms with Gasteiger partial charge in [-0.05, 0) is 62.0 Å². The predicted octanol–water partition coefficient (Wildman–Crippen LogP) is 13.0. The first-order valence-corrected chi connectivity index (χ1v) is 18.4. The lowest BCUT2D eigenvalue weighted by Crippen LogP contribution is -2.19. The number of allylic oxidation sites excluding steroid dienone is 1. The summed E-state index contributed by atoms with van der Waals surface area (Å²) in [5.74, 6) is 1.39. The Morgan fingerprint density at radius 2 is 1.41 bits per heavy atom. The molecule has 0 aliphatic carbocycles. The van der Waals surface area contributed by atoms with Gasteiger partial charge in [-0.15, -0.1) is 0 Å². The lowest BCUT2D eigenvalue weighted by atomic mass is 9.99. The van der Waals surface area contributed by atoms with Gasteiger partial charge >= 0.3 is 0 Å². The van der Waals surface area contributed by atoms with Crippen molar-refractivity contribution >= 4 is 30.2 Å². The van der Waals surface area contributed by atoms with Crippen LogP contribution in [0.1, 0.15) is 171 Å². The highest BCUT2D eigenvalue weighted by Crippen LogP contribution is 2.12. The molecule has 0 saturated carbocycles. The Bertz CT molecular complexity index is 821. The quantitative estimate of drug-likeness (QED) is 0.0613. The molecule has 4 nitrogen and oxygen atoms in total. The number of carbonyl (C=O) groups is 1. The van der Waals surface area contributed by atoms with E-state index >= 15 is 0 Å². The van der Waals surface area contributed by atoms with Crippen LogP contribution in [0.3, 0.4) is 0 Å². The van der Waals surface area contributed by atoms with Crippen LogP contribution in [-0.2, 0) is 16.0 Å². The van der Waals surface area contributed by atoms with Crippen LogP contribution in [0.15, 0.2) is 46.4 Å². The van der Waals surface area contributed by atoms with Crippen molar-refractivity contribution in [3.63, 3.8) is 0 Å². The molecule has 1 aromatic rings. The minimum atomic E-state index is 0.149. The number of rotatable bonds is 21. The first-order valence-electron chi connectivity index (χ1n) is 18.0. The molecule has 0 aromatic heterocycles. The number of unbranched alkanes of at least 4 members (excludes halogenated alkanes) is 9. The minimum absolute atomic E-state index is 0.149. The van der Waals surface area contributed by atoms with Gasteiger partial charge in [0.2, 0.25) is 5.90 Å². The highest BCUT2D eigenvalue weighted by molar-refractivity contribution is 7.79. The van der Waals surface area contributed by atoms with Crippen LogP contribution in [0.5, 0.6) is 0 Å². The van der Waals surface area contributed by atoms with Gasteiger partial charge in [-0.3, -0.25) is 10.2 Å². The molecular weight excluding hydrogens is 561 g/mol. The Balaban J connectivity index is -0.000000583. The molecule has 0 amide bonds. The number of hydrogen-bond acceptors (Lipinski definition) is 5. The normalized spacial score (nSPS) is 11.6. The zero-order valence-corrected chi connectivity index (χ0v) is 31.4. The van der Waals surface area contributed by atoms with E-state index in [2.05, 4.69) is 95.2 Å². The molecule has 1 aromatic carbocycles. The van der Waals surface area contributed by atoms with Gasteiger partial charge in [-0.2, -0.15) is 0 Å². The second-order valence-corrected chi connectivity index (χ2v) is 11.4. The van der Waals surface area contributed by atoms with E-state index in [1.54, 1.807) is 0 Å². The third kappa shape index (κ3) is 30.2. The molecule has 0 fully saturated rings. The number of benzene rings is 1. The Morgan fingerprint density at radius 1 is 0.841 bits per heavy atom. The van der Waals surface area contributed by atoms with Gasteiger partial charge in [0.15, 0.2) is 0 Å². The Hall–Kier alpha value is -1.88. The molecule has 1 unspecified atom stereocenters. The van der Waals surface area contributed by atoms with Gasteiger partial charge in [0, 0.05) is 12.8 Å². The third-order valence-electron chi connectivity index (χ3n) is 7.25. The highest BCUT2D eigenvalue weighted by atomic mass is 32.1. The van der Waals surface area contributed by atoms with Crippen LogP contribution >= 0.6 is 12.8 Å². The first-order chi connectivity index (χ1) is 21.3. The van der Waals surface area contributed by atoms with Crippen LogP contribution in [0.2, 0.25) is 0 Å². The smallest absolute Gasteiger partial charge is 0.233 e. The van der Waals surface area contributed by atoms with E-state index in [-0.39, 0.29) is 5.90 Å². The van der Waals surface area contributed by atoms with E-state index in [1.165, 1.54) is 63.4 Å². The summed E-state index contributed by atoms with van der Waals surface area (Å²) in [6.45, 7) is 19.7. The van der Waals surface area contributed by atoms with E-state index in [0.29, 0.717) is 18.1 Å². The standard InChI is InChI=1S/C15H28N2OS.C11H22O.C11H16.C2H6/c1-4-7-9-10-12-18-15(16)14(17-19)13(6-3)11-8-5-2;1-3-5-6-7-8-9-10-11(12)4-2;1-3-10(2)9-11-7-5-4-6-8-11;1-2/h11,16,19H,4-10,12H2,1-3H3;3-10H2,1-2H3;4-8,10H,3,9H2,1-2H3;1-2H3/b13-11+,16-15?,17-14-;;;. The van der Waals surface area contributed by atoms with Gasteiger partial charge < -0.3 is 4.74 Å². The monoisotopic (exact) mass is 633 g/mol. The van der Waals surface area contributed by atoms with Crippen molar-refractivity contribution in [3.05, 3.63) is 47.5 Å². The molecule has 1 rings (SSSR count). The molecular formula is C39H72N2O2S. The molecule has 0 radical (unpaired) electrons. The molecule has 256 valence electrons. The molecule has 44 heavy (non-hydrogen) atoms. The summed E-state index contributed by atoms with van der Waals surface area (Å²) in [5.41, 5.74) is 3.09. The zero-order valence-electron chi connectivity index (χ0n) is 30.5. The Labute approximate surface area is 280 Å². The fraction of sp³-hybridized carbons (Fsp3) is 0.718. The van der Waals surface area contributed by atoms with Gasteiger partial charge in [0.25, 0.3) is 0 Å². The number of thiol groups is 1. The number of Topliss-reactive ketones (excluding diaryl/α,β-unsaturated/α-hetero) is 1. The van der Waals surface area contributed by atoms with Crippen molar-refractivity contribution in [3.8, 4) is 0 Å². The average Bonchev–Trinajstić information content (AvgIpc) is 3.06. The number of hydrogen-bond donors (Lipinski definition) is 2. The lowest BCUT2D eigenvalue weighted by Gasteiger charge is -2.11. The molecule has 1 atom stereocenters. The summed E-state index contributed by atoms with van der Waals surface area (Å²) >= 11 is 3.98. The third-order valence-corrected chi connectivity index (χ3v) is 7.45. The summed E-state index contributed by atoms with van der Waals surface area (Å²) in [4.78, 5) is 10.9. The van der Waals surface area contributed by atoms with Crippen LogP contribution in [-0.4, -0.2) is 24.0 Å². The number of nitrogens with zero attached hydrogens (tertiary/aromatic N) is 1. The minimum Gasteiger partial charge on any atom is -0.477 e. The number of ketones is 1. The molecule has 0 saturated heterocycles. The summed E-state index contributed by atoms with van der Waals surface area (Å²) < 4.78 is 9.39. The number of ether oxygens (including phenoxy) is 1. The Kier molecular flexibility index (Phi) is 39.5. The second kappa shape index (κ2) is 37.3. The topological polar surface area (TPSA) is 62.5 Å². The first kappa shape index (κ1) is 46.5. The summed E-state index contributed by atoms with van der Waals surface area (Å²) in [5, 5.41) is 7.95. The zero-order chi connectivity index (χ0) is 33.8. The van der Waals surface area contributed by atoms with E-state index in [0.717, 1.165) is 62.9 Å². The maximum Gasteiger partial charge on any atom is 0.233 e. The van der Waals surface area contributed by atoms with Crippen molar-refractivity contribution in [2.75, 3.05) is 6.61 Å². The second-order valence-electron chi connectivity index (χ2n) is 11.2. The maximum absolute atomic E-state index is 10.9. The largest absolute Gasteiger partial charge is 0.477 e. The van der Waals surface area contributed by atoms with Crippen molar-refractivity contribution in [1.82, 2.24) is 0 Å². The molecule has 0 aliphatic heterocycles. The van der Waals surface area contributed by atoms with E-state index in [1.807, 2.05) is 20.8 Å². The molecule has 5 heteroatoms. The van der Waals surface area contributed by atoms with Crippen LogP contribution < -0.4 is 0 Å². The fourth-order valence-corrected chi connectivity index (χ4v) is 4.41. The summed E-state index contributed by atoms with van der Waals surface area (Å²) in [6.07, 6.45) is 21.3. The predicted molar refractivity (Wildman–Crippen MR) is 202 cm³/mol. The van der Waals surface area contributed by atoms with E-state index in [9.17, 15) is 4.79 Å².